The van der Waals surface area contributed by atoms with E-state index in [4.69, 9.17) is 16.3 Å². The number of halogens is 2. The fourth-order valence-corrected chi connectivity index (χ4v) is 4.16. The van der Waals surface area contributed by atoms with Crippen LogP contribution in [0.25, 0.3) is 0 Å². The topological polar surface area (TPSA) is 84.1 Å². The highest BCUT2D eigenvalue weighted by molar-refractivity contribution is 9.10. The quantitative estimate of drug-likeness (QED) is 0.788. The third kappa shape index (κ3) is 3.97. The second-order valence-corrected chi connectivity index (χ2v) is 7.13. The number of aromatic amines is 1. The summed E-state index contributed by atoms with van der Waals surface area (Å²) in [6.07, 6.45) is 3.75. The first kappa shape index (κ1) is 16.3. The Morgan fingerprint density at radius 3 is 2.86 bits per heavy atom. The summed E-state index contributed by atoms with van der Waals surface area (Å²) in [5.41, 5.74) is 0. The Hall–Kier alpha value is -1.09. The van der Waals surface area contributed by atoms with Gasteiger partial charge in [-0.3, -0.25) is 0 Å². The lowest BCUT2D eigenvalue weighted by atomic mass is 10.3. The van der Waals surface area contributed by atoms with Crippen LogP contribution in [0.2, 0.25) is 5.02 Å². The highest BCUT2D eigenvalue weighted by atomic mass is 79.9. The van der Waals surface area contributed by atoms with Gasteiger partial charge in [-0.15, -0.1) is 0 Å². The molecule has 0 bridgehead atoms. The van der Waals surface area contributed by atoms with Crippen molar-refractivity contribution in [3.63, 3.8) is 0 Å². The number of imidazole rings is 1. The van der Waals surface area contributed by atoms with E-state index in [-0.39, 0.29) is 17.2 Å². The molecule has 0 amide bonds. The molecule has 0 aliphatic rings. The number of nitrogens with zero attached hydrogens (tertiary/aromatic N) is 1. The van der Waals surface area contributed by atoms with E-state index in [1.807, 2.05) is 0 Å². The molecule has 0 fully saturated rings. The summed E-state index contributed by atoms with van der Waals surface area (Å²) in [5.74, 6) is 0.918. The molecule has 9 heteroatoms. The van der Waals surface area contributed by atoms with Crippen molar-refractivity contribution in [3.05, 3.63) is 39.8 Å². The number of hydrogen-bond acceptors (Lipinski definition) is 4. The molecule has 21 heavy (non-hydrogen) atoms. The number of methoxy groups -OCH3 is 1. The Labute approximate surface area is 136 Å². The fourth-order valence-electron chi connectivity index (χ4n) is 1.75. The van der Waals surface area contributed by atoms with Gasteiger partial charge in [-0.25, -0.2) is 18.1 Å². The molecular weight excluding hydrogens is 382 g/mol. The predicted molar refractivity (Wildman–Crippen MR) is 83.2 cm³/mol. The van der Waals surface area contributed by atoms with Crippen LogP contribution in [0.4, 0.5) is 0 Å². The second kappa shape index (κ2) is 6.78. The number of hydrogen-bond donors (Lipinski definition) is 2. The number of rotatable bonds is 6. The van der Waals surface area contributed by atoms with Gasteiger partial charge in [-0.1, -0.05) is 11.6 Å². The Morgan fingerprint density at radius 1 is 1.48 bits per heavy atom. The van der Waals surface area contributed by atoms with E-state index in [9.17, 15) is 8.42 Å². The molecule has 1 aromatic heterocycles. The van der Waals surface area contributed by atoms with Gasteiger partial charge in [-0.2, -0.15) is 0 Å². The lowest BCUT2D eigenvalue weighted by Gasteiger charge is -2.12. The van der Waals surface area contributed by atoms with E-state index in [1.54, 1.807) is 18.5 Å². The first-order valence-electron chi connectivity index (χ1n) is 5.95. The molecule has 6 nitrogen and oxygen atoms in total. The zero-order valence-electron chi connectivity index (χ0n) is 11.1. The van der Waals surface area contributed by atoms with Crippen LogP contribution in [0.15, 0.2) is 33.9 Å². The molecule has 1 aromatic carbocycles. The van der Waals surface area contributed by atoms with Crippen LogP contribution in [0, 0.1) is 0 Å². The van der Waals surface area contributed by atoms with Crippen LogP contribution in [0.5, 0.6) is 5.75 Å². The van der Waals surface area contributed by atoms with Crippen molar-refractivity contribution in [3.8, 4) is 5.75 Å². The van der Waals surface area contributed by atoms with Crippen molar-refractivity contribution in [2.75, 3.05) is 13.7 Å². The van der Waals surface area contributed by atoms with Crippen molar-refractivity contribution in [1.29, 1.82) is 0 Å². The van der Waals surface area contributed by atoms with Gasteiger partial charge in [0.05, 0.1) is 11.6 Å². The summed E-state index contributed by atoms with van der Waals surface area (Å²) in [7, 11) is -2.33. The molecule has 0 aliphatic heterocycles. The van der Waals surface area contributed by atoms with Gasteiger partial charge in [0.2, 0.25) is 10.0 Å². The van der Waals surface area contributed by atoms with Crippen molar-refractivity contribution in [2.45, 2.75) is 11.3 Å². The number of aromatic nitrogens is 2. The molecule has 114 valence electrons. The van der Waals surface area contributed by atoms with Crippen molar-refractivity contribution < 1.29 is 13.2 Å². The Kier molecular flexibility index (Phi) is 5.26. The average Bonchev–Trinajstić information content (AvgIpc) is 2.91. The lowest BCUT2D eigenvalue weighted by molar-refractivity contribution is 0.399. The van der Waals surface area contributed by atoms with Gasteiger partial charge in [0.25, 0.3) is 0 Å². The molecule has 2 aromatic rings. The highest BCUT2D eigenvalue weighted by Crippen LogP contribution is 2.35. The SMILES string of the molecule is COc1c(Br)cc(Cl)cc1S(=O)(=O)NCCc1ncc[nH]1. The first-order chi connectivity index (χ1) is 9.94. The van der Waals surface area contributed by atoms with Crippen LogP contribution in [-0.2, 0) is 16.4 Å². The van der Waals surface area contributed by atoms with E-state index >= 15 is 0 Å². The van der Waals surface area contributed by atoms with Crippen LogP contribution < -0.4 is 9.46 Å². The molecule has 0 saturated heterocycles. The fraction of sp³-hybridized carbons (Fsp3) is 0.250. The number of benzene rings is 1. The van der Waals surface area contributed by atoms with E-state index in [2.05, 4.69) is 30.6 Å². The molecule has 0 radical (unpaired) electrons. The summed E-state index contributed by atoms with van der Waals surface area (Å²) in [6, 6.07) is 2.92. The summed E-state index contributed by atoms with van der Waals surface area (Å²) < 4.78 is 32.8. The minimum absolute atomic E-state index is 0.0104. The highest BCUT2D eigenvalue weighted by Gasteiger charge is 2.22. The van der Waals surface area contributed by atoms with Crippen LogP contribution in [0.1, 0.15) is 5.82 Å². The van der Waals surface area contributed by atoms with E-state index in [1.165, 1.54) is 13.2 Å². The monoisotopic (exact) mass is 393 g/mol. The number of nitrogens with one attached hydrogen (secondary N) is 2. The Bertz CT molecular complexity index is 720. The van der Waals surface area contributed by atoms with Gasteiger partial charge in [0.1, 0.15) is 10.7 Å². The van der Waals surface area contributed by atoms with Crippen molar-refractivity contribution in [1.82, 2.24) is 14.7 Å². The standard InChI is InChI=1S/C12H13BrClN3O3S/c1-20-12-9(13)6-8(14)7-10(12)21(18,19)17-3-2-11-15-4-5-16-11/h4-7,17H,2-3H2,1H3,(H,15,16). The zero-order valence-corrected chi connectivity index (χ0v) is 14.2. The first-order valence-corrected chi connectivity index (χ1v) is 8.60. The largest absolute Gasteiger partial charge is 0.494 e. The second-order valence-electron chi connectivity index (χ2n) is 4.10. The number of sulfonamides is 1. The van der Waals surface area contributed by atoms with Crippen LogP contribution in [-0.4, -0.2) is 32.0 Å². The third-order valence-electron chi connectivity index (χ3n) is 2.68. The van der Waals surface area contributed by atoms with Gasteiger partial charge in [0.15, 0.2) is 5.75 Å². The third-order valence-corrected chi connectivity index (χ3v) is 4.95. The molecule has 0 aliphatic carbocycles. The van der Waals surface area contributed by atoms with Crippen molar-refractivity contribution >= 4 is 37.6 Å². The molecule has 0 saturated carbocycles. The maximum atomic E-state index is 12.3. The summed E-state index contributed by atoms with van der Waals surface area (Å²) in [5, 5.41) is 0.300. The molecule has 0 spiro atoms. The predicted octanol–water partition coefficient (Wildman–Crippen LogP) is 2.36. The maximum Gasteiger partial charge on any atom is 0.244 e. The normalized spacial score (nSPS) is 11.6. The smallest absolute Gasteiger partial charge is 0.244 e. The molecule has 2 N–H and O–H groups in total. The number of ether oxygens (including phenoxy) is 1. The minimum Gasteiger partial charge on any atom is -0.494 e. The molecule has 0 unspecified atom stereocenters. The molecule has 1 heterocycles. The minimum atomic E-state index is -3.73. The maximum absolute atomic E-state index is 12.3. The lowest BCUT2D eigenvalue weighted by Crippen LogP contribution is -2.26. The summed E-state index contributed by atoms with van der Waals surface area (Å²) >= 11 is 9.14. The van der Waals surface area contributed by atoms with Crippen LogP contribution >= 0.6 is 27.5 Å². The molecule has 0 atom stereocenters. The van der Waals surface area contributed by atoms with Crippen LogP contribution in [0.3, 0.4) is 0 Å². The Balaban J connectivity index is 2.19. The van der Waals surface area contributed by atoms with Gasteiger partial charge < -0.3 is 9.72 Å². The molecule has 2 rings (SSSR count). The van der Waals surface area contributed by atoms with Gasteiger partial charge in [0, 0.05) is 30.4 Å². The molecular formula is C12H13BrClN3O3S. The van der Waals surface area contributed by atoms with Crippen molar-refractivity contribution in [2.24, 2.45) is 0 Å². The zero-order chi connectivity index (χ0) is 15.5. The summed E-state index contributed by atoms with van der Waals surface area (Å²) in [4.78, 5) is 6.92. The average molecular weight is 395 g/mol. The van der Waals surface area contributed by atoms with E-state index < -0.39 is 10.0 Å². The number of H-pyrrole nitrogens is 1. The Morgan fingerprint density at radius 2 is 2.24 bits per heavy atom. The van der Waals surface area contributed by atoms with E-state index in [0.717, 1.165) is 0 Å². The van der Waals surface area contributed by atoms with Gasteiger partial charge in [-0.05, 0) is 28.1 Å². The van der Waals surface area contributed by atoms with E-state index in [0.29, 0.717) is 21.7 Å². The van der Waals surface area contributed by atoms with Gasteiger partial charge >= 0.3 is 0 Å². The summed E-state index contributed by atoms with van der Waals surface area (Å²) in [6.45, 7) is 0.211.